The Hall–Kier alpha value is -1.39. The molecule has 0 radical (unpaired) electrons. The number of aryl methyl sites for hydroxylation is 2. The van der Waals surface area contributed by atoms with Gasteiger partial charge >= 0.3 is 0 Å². The fraction of sp³-hybridized carbons (Fsp3) is 0.438. The second kappa shape index (κ2) is 5.54. The third-order valence-electron chi connectivity index (χ3n) is 3.89. The maximum atomic E-state index is 5.34. The van der Waals surface area contributed by atoms with Crippen molar-refractivity contribution in [1.82, 2.24) is 10.3 Å². The third-order valence-corrected chi connectivity index (χ3v) is 4.99. The lowest BCUT2D eigenvalue weighted by molar-refractivity contribution is 0.412. The Labute approximate surface area is 124 Å². The molecule has 0 spiro atoms. The van der Waals surface area contributed by atoms with Crippen LogP contribution < -0.4 is 10.1 Å². The van der Waals surface area contributed by atoms with Crippen LogP contribution in [0.3, 0.4) is 0 Å². The number of hydrogen-bond acceptors (Lipinski definition) is 4. The molecular weight excluding hydrogens is 268 g/mol. The first-order valence-electron chi connectivity index (χ1n) is 7.02. The van der Waals surface area contributed by atoms with Crippen LogP contribution in [0.4, 0.5) is 0 Å². The zero-order valence-corrected chi connectivity index (χ0v) is 13.0. The first kappa shape index (κ1) is 13.6. The van der Waals surface area contributed by atoms with Gasteiger partial charge in [0.2, 0.25) is 0 Å². The van der Waals surface area contributed by atoms with E-state index in [0.29, 0.717) is 6.04 Å². The standard InChI is InChI=1S/C16H20N2OS/c1-10-9-17-16(20-10)11(2)18-15-7-5-12-4-6-13(19-3)8-14(12)15/h4,6,8-9,11,15,18H,5,7H2,1-3H3. The van der Waals surface area contributed by atoms with E-state index in [1.165, 1.54) is 21.0 Å². The molecular formula is C16H20N2OS. The number of ether oxygens (including phenoxy) is 1. The van der Waals surface area contributed by atoms with Crippen LogP contribution in [0.5, 0.6) is 5.75 Å². The van der Waals surface area contributed by atoms with Crippen molar-refractivity contribution in [2.24, 2.45) is 0 Å². The molecule has 2 aromatic rings. The van der Waals surface area contributed by atoms with Crippen molar-refractivity contribution in [3.05, 3.63) is 45.4 Å². The summed E-state index contributed by atoms with van der Waals surface area (Å²) in [6, 6.07) is 7.10. The molecule has 1 aromatic heterocycles. The Kier molecular flexibility index (Phi) is 3.76. The zero-order valence-electron chi connectivity index (χ0n) is 12.1. The van der Waals surface area contributed by atoms with Crippen molar-refractivity contribution >= 4 is 11.3 Å². The van der Waals surface area contributed by atoms with Gasteiger partial charge in [-0.15, -0.1) is 11.3 Å². The molecule has 1 aliphatic rings. The van der Waals surface area contributed by atoms with E-state index in [-0.39, 0.29) is 6.04 Å². The average Bonchev–Trinajstić information content (AvgIpc) is 3.05. The summed E-state index contributed by atoms with van der Waals surface area (Å²) in [5, 5.41) is 4.87. The second-order valence-electron chi connectivity index (χ2n) is 5.35. The normalized spacial score (nSPS) is 18.9. The maximum absolute atomic E-state index is 5.34. The molecule has 1 aliphatic carbocycles. The van der Waals surface area contributed by atoms with E-state index >= 15 is 0 Å². The quantitative estimate of drug-likeness (QED) is 0.929. The average molecular weight is 288 g/mol. The summed E-state index contributed by atoms with van der Waals surface area (Å²) in [5.74, 6) is 0.940. The molecule has 0 saturated heterocycles. The maximum Gasteiger partial charge on any atom is 0.119 e. The van der Waals surface area contributed by atoms with E-state index in [1.807, 2.05) is 6.20 Å². The van der Waals surface area contributed by atoms with Gasteiger partial charge in [0, 0.05) is 17.1 Å². The van der Waals surface area contributed by atoms with E-state index in [9.17, 15) is 0 Å². The number of benzene rings is 1. The smallest absolute Gasteiger partial charge is 0.119 e. The summed E-state index contributed by atoms with van der Waals surface area (Å²) in [6.07, 6.45) is 4.24. The highest BCUT2D eigenvalue weighted by molar-refractivity contribution is 7.11. The highest BCUT2D eigenvalue weighted by Crippen LogP contribution is 2.35. The molecule has 1 aromatic carbocycles. The number of aromatic nitrogens is 1. The number of hydrogen-bond donors (Lipinski definition) is 1. The molecule has 0 bridgehead atoms. The van der Waals surface area contributed by atoms with Gasteiger partial charge in [-0.3, -0.25) is 0 Å². The summed E-state index contributed by atoms with van der Waals surface area (Å²) < 4.78 is 5.34. The van der Waals surface area contributed by atoms with E-state index in [2.05, 4.69) is 42.3 Å². The molecule has 0 amide bonds. The van der Waals surface area contributed by atoms with Crippen LogP contribution in [0.25, 0.3) is 0 Å². The number of methoxy groups -OCH3 is 1. The number of nitrogens with one attached hydrogen (secondary N) is 1. The Morgan fingerprint density at radius 2 is 2.30 bits per heavy atom. The van der Waals surface area contributed by atoms with Crippen molar-refractivity contribution in [1.29, 1.82) is 0 Å². The minimum Gasteiger partial charge on any atom is -0.497 e. The molecule has 2 unspecified atom stereocenters. The van der Waals surface area contributed by atoms with Crippen LogP contribution in [0.15, 0.2) is 24.4 Å². The first-order chi connectivity index (χ1) is 9.67. The van der Waals surface area contributed by atoms with Crippen molar-refractivity contribution < 1.29 is 4.74 Å². The lowest BCUT2D eigenvalue weighted by Crippen LogP contribution is -2.22. The van der Waals surface area contributed by atoms with Gasteiger partial charge < -0.3 is 10.1 Å². The van der Waals surface area contributed by atoms with Crippen LogP contribution in [0, 0.1) is 6.92 Å². The molecule has 1 N–H and O–H groups in total. The lowest BCUT2D eigenvalue weighted by atomic mass is 10.1. The molecule has 3 nitrogen and oxygen atoms in total. The fourth-order valence-corrected chi connectivity index (χ4v) is 3.61. The van der Waals surface area contributed by atoms with Crippen LogP contribution in [0.2, 0.25) is 0 Å². The van der Waals surface area contributed by atoms with Gasteiger partial charge in [0.15, 0.2) is 0 Å². The highest BCUT2D eigenvalue weighted by atomic mass is 32.1. The molecule has 0 saturated carbocycles. The summed E-state index contributed by atoms with van der Waals surface area (Å²) in [6.45, 7) is 4.29. The summed E-state index contributed by atoms with van der Waals surface area (Å²) >= 11 is 1.77. The summed E-state index contributed by atoms with van der Waals surface area (Å²) in [7, 11) is 1.72. The van der Waals surface area contributed by atoms with Gasteiger partial charge in [-0.05, 0) is 49.9 Å². The van der Waals surface area contributed by atoms with Gasteiger partial charge in [0.25, 0.3) is 0 Å². The molecule has 2 atom stereocenters. The Morgan fingerprint density at radius 1 is 1.45 bits per heavy atom. The number of fused-ring (bicyclic) bond motifs is 1. The van der Waals surface area contributed by atoms with E-state index in [1.54, 1.807) is 18.4 Å². The van der Waals surface area contributed by atoms with E-state index in [4.69, 9.17) is 4.74 Å². The largest absolute Gasteiger partial charge is 0.497 e. The minimum absolute atomic E-state index is 0.288. The van der Waals surface area contributed by atoms with Crippen LogP contribution in [-0.4, -0.2) is 12.1 Å². The predicted octanol–water partition coefficient (Wildman–Crippen LogP) is 3.80. The highest BCUT2D eigenvalue weighted by Gasteiger charge is 2.25. The summed E-state index contributed by atoms with van der Waals surface area (Å²) in [4.78, 5) is 5.74. The van der Waals surface area contributed by atoms with Crippen LogP contribution in [-0.2, 0) is 6.42 Å². The monoisotopic (exact) mass is 288 g/mol. The minimum atomic E-state index is 0.288. The Morgan fingerprint density at radius 3 is 3.00 bits per heavy atom. The fourth-order valence-electron chi connectivity index (χ4n) is 2.83. The van der Waals surface area contributed by atoms with E-state index < -0.39 is 0 Å². The molecule has 0 aliphatic heterocycles. The topological polar surface area (TPSA) is 34.1 Å². The SMILES string of the molecule is COc1ccc2c(c1)C(NC(C)c1ncc(C)s1)CC2. The molecule has 20 heavy (non-hydrogen) atoms. The number of thiazole rings is 1. The van der Waals surface area contributed by atoms with Crippen molar-refractivity contribution in [2.45, 2.75) is 38.8 Å². The van der Waals surface area contributed by atoms with Gasteiger partial charge in [0.05, 0.1) is 13.2 Å². The van der Waals surface area contributed by atoms with Crippen molar-refractivity contribution in [3.8, 4) is 5.75 Å². The van der Waals surface area contributed by atoms with Crippen molar-refractivity contribution in [3.63, 3.8) is 0 Å². The molecule has 3 rings (SSSR count). The third kappa shape index (κ3) is 2.58. The van der Waals surface area contributed by atoms with Gasteiger partial charge in [-0.2, -0.15) is 0 Å². The zero-order chi connectivity index (χ0) is 14.1. The first-order valence-corrected chi connectivity index (χ1v) is 7.84. The lowest BCUT2D eigenvalue weighted by Gasteiger charge is -2.19. The van der Waals surface area contributed by atoms with Crippen molar-refractivity contribution in [2.75, 3.05) is 7.11 Å². The predicted molar refractivity (Wildman–Crippen MR) is 82.5 cm³/mol. The van der Waals surface area contributed by atoms with Crippen LogP contribution in [0.1, 0.15) is 46.4 Å². The molecule has 1 heterocycles. The summed E-state index contributed by atoms with van der Waals surface area (Å²) in [5.41, 5.74) is 2.82. The van der Waals surface area contributed by atoms with E-state index in [0.717, 1.165) is 18.6 Å². The van der Waals surface area contributed by atoms with Gasteiger partial charge in [-0.1, -0.05) is 6.07 Å². The Balaban J connectivity index is 1.77. The Bertz CT molecular complexity index is 608. The second-order valence-corrected chi connectivity index (χ2v) is 6.62. The van der Waals surface area contributed by atoms with Gasteiger partial charge in [0.1, 0.15) is 10.8 Å². The molecule has 106 valence electrons. The number of rotatable bonds is 4. The molecule has 4 heteroatoms. The van der Waals surface area contributed by atoms with Crippen LogP contribution >= 0.6 is 11.3 Å². The molecule has 0 fully saturated rings. The number of nitrogens with zero attached hydrogens (tertiary/aromatic N) is 1. The van der Waals surface area contributed by atoms with Gasteiger partial charge in [-0.25, -0.2) is 4.98 Å².